The normalized spacial score (nSPS) is 12.4. The lowest BCUT2D eigenvalue weighted by Gasteiger charge is -2.30. The molecular weight excluding hydrogens is 605 g/mol. The summed E-state index contributed by atoms with van der Waals surface area (Å²) in [6.07, 6.45) is 4.41. The Labute approximate surface area is 293 Å². The van der Waals surface area contributed by atoms with Crippen LogP contribution in [0.1, 0.15) is 17.5 Å². The number of nitrogens with zero attached hydrogens (tertiary/aromatic N) is 2. The molecule has 0 heterocycles. The van der Waals surface area contributed by atoms with Crippen LogP contribution >= 0.6 is 0 Å². The summed E-state index contributed by atoms with van der Waals surface area (Å²) in [5, 5.41) is 4.91. The van der Waals surface area contributed by atoms with Crippen molar-refractivity contribution in [2.24, 2.45) is 0 Å². The van der Waals surface area contributed by atoms with Crippen molar-refractivity contribution in [1.29, 1.82) is 0 Å². The third-order valence-electron chi connectivity index (χ3n) is 9.88. The molecule has 0 N–H and O–H groups in total. The van der Waals surface area contributed by atoms with Gasteiger partial charge in [0.1, 0.15) is 0 Å². The minimum atomic E-state index is 1.00. The zero-order valence-corrected chi connectivity index (χ0v) is 27.8. The van der Waals surface area contributed by atoms with Crippen LogP contribution in [-0.2, 0) is 6.42 Å². The van der Waals surface area contributed by atoms with Gasteiger partial charge in [0.05, 0.1) is 0 Å². The van der Waals surface area contributed by atoms with Crippen molar-refractivity contribution in [3.63, 3.8) is 0 Å². The fourth-order valence-corrected chi connectivity index (χ4v) is 7.35. The number of rotatable bonds is 7. The van der Waals surface area contributed by atoms with Crippen LogP contribution in [0.2, 0.25) is 0 Å². The molecule has 1 aliphatic rings. The van der Waals surface area contributed by atoms with Gasteiger partial charge in [0.2, 0.25) is 0 Å². The molecule has 0 spiro atoms. The van der Waals surface area contributed by atoms with E-state index in [0.717, 1.165) is 29.9 Å². The van der Waals surface area contributed by atoms with E-state index in [1.807, 2.05) is 0 Å². The smallest absolute Gasteiger partial charge is 0.0468 e. The number of benzene rings is 8. The summed E-state index contributed by atoms with van der Waals surface area (Å²) in [6, 6.07) is 68.0. The Morgan fingerprint density at radius 3 is 1.56 bits per heavy atom. The first kappa shape index (κ1) is 29.7. The standard InChI is InChI=1S/C48H36N2/c1-3-15-43(16-4-1)49(46-28-23-35-11-7-9-13-38(35)32-46)45-26-21-37(22-27-45)40-19-20-42-34-48(30-25-41(42)31-40)50(44-17-5-2-6-18-44)47-29-24-36-12-8-10-14-39(36)33-47/h1-22,24-27,29-34H,23,28H2. The average molecular weight is 641 g/mol. The predicted octanol–water partition coefficient (Wildman–Crippen LogP) is 13.3. The summed E-state index contributed by atoms with van der Waals surface area (Å²) in [4.78, 5) is 4.76. The first-order valence-electron chi connectivity index (χ1n) is 17.4. The number of aryl methyl sites for hydroxylation is 1. The first-order chi connectivity index (χ1) is 24.8. The maximum absolute atomic E-state index is 2.41. The van der Waals surface area contributed by atoms with E-state index < -0.39 is 0 Å². The van der Waals surface area contributed by atoms with E-state index in [-0.39, 0.29) is 0 Å². The van der Waals surface area contributed by atoms with Crippen LogP contribution in [0.15, 0.2) is 194 Å². The van der Waals surface area contributed by atoms with Gasteiger partial charge in [0, 0.05) is 34.1 Å². The van der Waals surface area contributed by atoms with E-state index in [1.54, 1.807) is 0 Å². The van der Waals surface area contributed by atoms with Crippen LogP contribution in [0.3, 0.4) is 0 Å². The van der Waals surface area contributed by atoms with Crippen LogP contribution in [-0.4, -0.2) is 0 Å². The summed E-state index contributed by atoms with van der Waals surface area (Å²) in [5.41, 5.74) is 12.2. The minimum absolute atomic E-state index is 1.00. The SMILES string of the molecule is C1=C(N(c2ccccc2)c2ccc(-c3ccc4cc(N(c5ccccc5)c5ccc6ccccc6c5)ccc4c3)cc2)CCc2ccccc21. The molecule has 0 saturated heterocycles. The highest BCUT2D eigenvalue weighted by atomic mass is 15.2. The fraction of sp³-hybridized carbons (Fsp3) is 0.0417. The highest BCUT2D eigenvalue weighted by Gasteiger charge is 2.19. The van der Waals surface area contributed by atoms with E-state index in [4.69, 9.17) is 0 Å². The van der Waals surface area contributed by atoms with Crippen LogP contribution in [0, 0.1) is 0 Å². The highest BCUT2D eigenvalue weighted by Crippen LogP contribution is 2.39. The first-order valence-corrected chi connectivity index (χ1v) is 17.4. The molecule has 238 valence electrons. The van der Waals surface area contributed by atoms with Crippen molar-refractivity contribution in [2.45, 2.75) is 12.8 Å². The van der Waals surface area contributed by atoms with Crippen molar-refractivity contribution >= 4 is 56.1 Å². The molecule has 2 heteroatoms. The molecule has 2 nitrogen and oxygen atoms in total. The molecule has 0 fully saturated rings. The van der Waals surface area contributed by atoms with Crippen LogP contribution < -0.4 is 9.80 Å². The van der Waals surface area contributed by atoms with Gasteiger partial charge in [0.15, 0.2) is 0 Å². The molecule has 0 bridgehead atoms. The van der Waals surface area contributed by atoms with Crippen molar-refractivity contribution in [1.82, 2.24) is 0 Å². The molecule has 0 radical (unpaired) electrons. The van der Waals surface area contributed by atoms with E-state index in [9.17, 15) is 0 Å². The molecule has 0 aromatic heterocycles. The van der Waals surface area contributed by atoms with Crippen LogP contribution in [0.25, 0.3) is 38.7 Å². The second-order valence-corrected chi connectivity index (χ2v) is 13.0. The summed E-state index contributed by atoms with van der Waals surface area (Å²) in [5.74, 6) is 0. The van der Waals surface area contributed by atoms with E-state index >= 15 is 0 Å². The number of para-hydroxylation sites is 2. The van der Waals surface area contributed by atoms with Gasteiger partial charge in [-0.3, -0.25) is 0 Å². The number of fused-ring (bicyclic) bond motifs is 3. The summed E-state index contributed by atoms with van der Waals surface area (Å²) in [6.45, 7) is 0. The molecule has 0 unspecified atom stereocenters. The number of anilines is 5. The summed E-state index contributed by atoms with van der Waals surface area (Å²) < 4.78 is 0. The lowest BCUT2D eigenvalue weighted by atomic mass is 9.94. The van der Waals surface area contributed by atoms with Gasteiger partial charge in [0.25, 0.3) is 0 Å². The van der Waals surface area contributed by atoms with Gasteiger partial charge in [-0.25, -0.2) is 0 Å². The Morgan fingerprint density at radius 1 is 0.320 bits per heavy atom. The predicted molar refractivity (Wildman–Crippen MR) is 213 cm³/mol. The molecule has 0 saturated carbocycles. The molecule has 8 aromatic rings. The number of allylic oxidation sites excluding steroid dienone is 1. The second-order valence-electron chi connectivity index (χ2n) is 13.0. The van der Waals surface area contributed by atoms with Gasteiger partial charge in [-0.1, -0.05) is 121 Å². The minimum Gasteiger partial charge on any atom is -0.314 e. The Bertz CT molecular complexity index is 2480. The van der Waals surface area contributed by atoms with Gasteiger partial charge in [-0.2, -0.15) is 0 Å². The monoisotopic (exact) mass is 640 g/mol. The van der Waals surface area contributed by atoms with Crippen molar-refractivity contribution in [3.8, 4) is 11.1 Å². The van der Waals surface area contributed by atoms with Gasteiger partial charge >= 0.3 is 0 Å². The molecule has 8 aromatic carbocycles. The molecule has 1 aliphatic carbocycles. The molecule has 50 heavy (non-hydrogen) atoms. The molecule has 0 atom stereocenters. The Kier molecular flexibility index (Phi) is 7.68. The maximum Gasteiger partial charge on any atom is 0.0468 e. The Balaban J connectivity index is 1.05. The third-order valence-corrected chi connectivity index (χ3v) is 9.88. The zero-order chi connectivity index (χ0) is 33.3. The van der Waals surface area contributed by atoms with E-state index in [0.29, 0.717) is 0 Å². The number of hydrogen-bond acceptors (Lipinski definition) is 2. The fourth-order valence-electron chi connectivity index (χ4n) is 7.35. The third kappa shape index (κ3) is 5.71. The summed E-state index contributed by atoms with van der Waals surface area (Å²) >= 11 is 0. The van der Waals surface area contributed by atoms with Gasteiger partial charge in [-0.15, -0.1) is 0 Å². The number of hydrogen-bond donors (Lipinski definition) is 0. The van der Waals surface area contributed by atoms with Crippen LogP contribution in [0.5, 0.6) is 0 Å². The molecular formula is C48H36N2. The topological polar surface area (TPSA) is 6.48 Å². The van der Waals surface area contributed by atoms with E-state index in [1.165, 1.54) is 60.9 Å². The second kappa shape index (κ2) is 12.9. The van der Waals surface area contributed by atoms with Crippen molar-refractivity contribution < 1.29 is 0 Å². The molecule has 0 aliphatic heterocycles. The maximum atomic E-state index is 2.41. The van der Waals surface area contributed by atoms with Crippen LogP contribution in [0.4, 0.5) is 28.4 Å². The Morgan fingerprint density at radius 2 is 0.820 bits per heavy atom. The Hall–Kier alpha value is -6.38. The van der Waals surface area contributed by atoms with Gasteiger partial charge in [-0.05, 0) is 129 Å². The highest BCUT2D eigenvalue weighted by molar-refractivity contribution is 5.94. The largest absolute Gasteiger partial charge is 0.314 e. The van der Waals surface area contributed by atoms with Gasteiger partial charge < -0.3 is 9.80 Å². The lowest BCUT2D eigenvalue weighted by Crippen LogP contribution is -2.19. The quantitative estimate of drug-likeness (QED) is 0.171. The lowest BCUT2D eigenvalue weighted by molar-refractivity contribution is 0.894. The summed E-state index contributed by atoms with van der Waals surface area (Å²) in [7, 11) is 0. The van der Waals surface area contributed by atoms with E-state index in [2.05, 4.69) is 204 Å². The zero-order valence-electron chi connectivity index (χ0n) is 27.8. The van der Waals surface area contributed by atoms with Crippen molar-refractivity contribution in [2.75, 3.05) is 9.80 Å². The van der Waals surface area contributed by atoms with Crippen molar-refractivity contribution in [3.05, 3.63) is 205 Å². The molecule has 0 amide bonds. The average Bonchev–Trinajstić information content (AvgIpc) is 3.19. The molecule has 9 rings (SSSR count).